The molecule has 0 spiro atoms. The molecule has 19 heavy (non-hydrogen) atoms. The van der Waals surface area contributed by atoms with Crippen LogP contribution in [0.25, 0.3) is 5.69 Å². The SMILES string of the molecule is CCCNCc1ccc(-n2ccnc2C)c(C#N)c1. The first kappa shape index (κ1) is 13.3. The van der Waals surface area contributed by atoms with Gasteiger partial charge in [-0.2, -0.15) is 5.26 Å². The van der Waals surface area contributed by atoms with Crippen LogP contribution in [0.1, 0.15) is 30.3 Å². The molecular weight excluding hydrogens is 236 g/mol. The van der Waals surface area contributed by atoms with Gasteiger partial charge in [0, 0.05) is 18.9 Å². The summed E-state index contributed by atoms with van der Waals surface area (Å²) in [6.45, 7) is 5.85. The number of hydrogen-bond donors (Lipinski definition) is 1. The van der Waals surface area contributed by atoms with Crippen LogP contribution in [0.4, 0.5) is 0 Å². The van der Waals surface area contributed by atoms with Crippen LogP contribution in [0.15, 0.2) is 30.6 Å². The number of benzene rings is 1. The second kappa shape index (κ2) is 6.17. The van der Waals surface area contributed by atoms with E-state index >= 15 is 0 Å². The first-order valence-corrected chi connectivity index (χ1v) is 6.50. The third-order valence-corrected chi connectivity index (χ3v) is 3.02. The van der Waals surface area contributed by atoms with Crippen LogP contribution in [-0.4, -0.2) is 16.1 Å². The van der Waals surface area contributed by atoms with Crippen molar-refractivity contribution in [1.29, 1.82) is 5.26 Å². The van der Waals surface area contributed by atoms with Crippen molar-refractivity contribution >= 4 is 0 Å². The average molecular weight is 254 g/mol. The van der Waals surface area contributed by atoms with E-state index in [1.165, 1.54) is 0 Å². The monoisotopic (exact) mass is 254 g/mol. The number of nitriles is 1. The molecule has 1 heterocycles. The number of rotatable bonds is 5. The third-order valence-electron chi connectivity index (χ3n) is 3.02. The zero-order valence-corrected chi connectivity index (χ0v) is 11.3. The Bertz CT molecular complexity index is 592. The van der Waals surface area contributed by atoms with Gasteiger partial charge >= 0.3 is 0 Å². The van der Waals surface area contributed by atoms with E-state index in [0.717, 1.165) is 36.6 Å². The summed E-state index contributed by atoms with van der Waals surface area (Å²) in [6.07, 6.45) is 4.73. The normalized spacial score (nSPS) is 10.4. The highest BCUT2D eigenvalue weighted by molar-refractivity contribution is 5.51. The maximum absolute atomic E-state index is 9.30. The molecule has 1 aromatic carbocycles. The molecule has 1 N–H and O–H groups in total. The van der Waals surface area contributed by atoms with Crippen molar-refractivity contribution in [3.8, 4) is 11.8 Å². The van der Waals surface area contributed by atoms with E-state index in [2.05, 4.69) is 29.4 Å². The van der Waals surface area contributed by atoms with E-state index in [4.69, 9.17) is 0 Å². The highest BCUT2D eigenvalue weighted by atomic mass is 15.1. The van der Waals surface area contributed by atoms with Gasteiger partial charge in [0.15, 0.2) is 0 Å². The lowest BCUT2D eigenvalue weighted by Crippen LogP contribution is -2.14. The Kier molecular flexibility index (Phi) is 4.32. The van der Waals surface area contributed by atoms with Crippen LogP contribution in [0.2, 0.25) is 0 Å². The van der Waals surface area contributed by atoms with Crippen molar-refractivity contribution in [2.24, 2.45) is 0 Å². The van der Waals surface area contributed by atoms with Crippen LogP contribution >= 0.6 is 0 Å². The van der Waals surface area contributed by atoms with Crippen molar-refractivity contribution in [2.75, 3.05) is 6.54 Å². The van der Waals surface area contributed by atoms with Gasteiger partial charge in [-0.05, 0) is 37.6 Å². The molecule has 0 aliphatic carbocycles. The molecule has 0 radical (unpaired) electrons. The van der Waals surface area contributed by atoms with Gasteiger partial charge in [-0.3, -0.25) is 0 Å². The van der Waals surface area contributed by atoms with Crippen molar-refractivity contribution in [3.05, 3.63) is 47.5 Å². The highest BCUT2D eigenvalue weighted by Gasteiger charge is 2.07. The third kappa shape index (κ3) is 3.01. The Morgan fingerprint density at radius 1 is 1.42 bits per heavy atom. The van der Waals surface area contributed by atoms with E-state index in [0.29, 0.717) is 5.56 Å². The highest BCUT2D eigenvalue weighted by Crippen LogP contribution is 2.17. The van der Waals surface area contributed by atoms with Gasteiger partial charge < -0.3 is 9.88 Å². The molecule has 0 amide bonds. The van der Waals surface area contributed by atoms with E-state index in [-0.39, 0.29) is 0 Å². The summed E-state index contributed by atoms with van der Waals surface area (Å²) in [4.78, 5) is 4.19. The predicted octanol–water partition coefficient (Wildman–Crippen LogP) is 2.55. The zero-order chi connectivity index (χ0) is 13.7. The minimum absolute atomic E-state index is 0.678. The molecule has 98 valence electrons. The van der Waals surface area contributed by atoms with Gasteiger partial charge in [-0.15, -0.1) is 0 Å². The smallest absolute Gasteiger partial charge is 0.110 e. The summed E-state index contributed by atoms with van der Waals surface area (Å²) in [6, 6.07) is 8.24. The van der Waals surface area contributed by atoms with E-state index in [1.54, 1.807) is 6.20 Å². The first-order valence-electron chi connectivity index (χ1n) is 6.50. The predicted molar refractivity (Wildman–Crippen MR) is 75.0 cm³/mol. The van der Waals surface area contributed by atoms with Crippen LogP contribution in [0.5, 0.6) is 0 Å². The second-order valence-corrected chi connectivity index (χ2v) is 4.48. The fourth-order valence-electron chi connectivity index (χ4n) is 2.03. The lowest BCUT2D eigenvalue weighted by atomic mass is 10.1. The lowest BCUT2D eigenvalue weighted by molar-refractivity contribution is 0.675. The fourth-order valence-corrected chi connectivity index (χ4v) is 2.03. The molecule has 0 bridgehead atoms. The van der Waals surface area contributed by atoms with Crippen molar-refractivity contribution in [2.45, 2.75) is 26.8 Å². The summed E-state index contributed by atoms with van der Waals surface area (Å²) in [5, 5.41) is 12.6. The molecule has 2 rings (SSSR count). The number of nitrogens with one attached hydrogen (secondary N) is 1. The van der Waals surface area contributed by atoms with Crippen molar-refractivity contribution in [1.82, 2.24) is 14.9 Å². The molecule has 4 nitrogen and oxygen atoms in total. The maximum atomic E-state index is 9.30. The average Bonchev–Trinajstić information content (AvgIpc) is 2.85. The van der Waals surface area contributed by atoms with Gasteiger partial charge in [0.2, 0.25) is 0 Å². The molecule has 0 unspecified atom stereocenters. The molecule has 0 atom stereocenters. The van der Waals surface area contributed by atoms with E-state index in [1.807, 2.05) is 29.8 Å². The van der Waals surface area contributed by atoms with Gasteiger partial charge in [0.1, 0.15) is 11.9 Å². The molecule has 0 saturated heterocycles. The summed E-state index contributed by atoms with van der Waals surface area (Å²) >= 11 is 0. The molecule has 1 aromatic heterocycles. The minimum atomic E-state index is 0.678. The Morgan fingerprint density at radius 2 is 2.26 bits per heavy atom. The Morgan fingerprint density at radius 3 is 2.89 bits per heavy atom. The standard InChI is InChI=1S/C15H18N4/c1-3-6-17-11-13-4-5-15(14(9-13)10-16)19-8-7-18-12(19)2/h4-5,7-9,17H,3,6,11H2,1-2H3. The zero-order valence-electron chi connectivity index (χ0n) is 11.3. The molecule has 2 aromatic rings. The largest absolute Gasteiger partial charge is 0.313 e. The van der Waals surface area contributed by atoms with E-state index < -0.39 is 0 Å². The summed E-state index contributed by atoms with van der Waals surface area (Å²) < 4.78 is 1.93. The second-order valence-electron chi connectivity index (χ2n) is 4.48. The Hall–Kier alpha value is -2.12. The van der Waals surface area contributed by atoms with Crippen LogP contribution in [-0.2, 0) is 6.54 Å². The summed E-state index contributed by atoms with van der Waals surface area (Å²) in [5.41, 5.74) is 2.69. The lowest BCUT2D eigenvalue weighted by Gasteiger charge is -2.10. The topological polar surface area (TPSA) is 53.6 Å². The number of aromatic nitrogens is 2. The summed E-state index contributed by atoms with van der Waals surface area (Å²) in [7, 11) is 0. The summed E-state index contributed by atoms with van der Waals surface area (Å²) in [5.74, 6) is 0.883. The Labute approximate surface area is 113 Å². The van der Waals surface area contributed by atoms with Gasteiger partial charge in [-0.25, -0.2) is 4.98 Å². The number of nitrogens with zero attached hydrogens (tertiary/aromatic N) is 3. The number of aryl methyl sites for hydroxylation is 1. The quantitative estimate of drug-likeness (QED) is 0.834. The first-order chi connectivity index (χ1) is 9.26. The van der Waals surface area contributed by atoms with Crippen LogP contribution in [0, 0.1) is 18.3 Å². The van der Waals surface area contributed by atoms with Crippen molar-refractivity contribution < 1.29 is 0 Å². The molecule has 0 aliphatic heterocycles. The van der Waals surface area contributed by atoms with Crippen LogP contribution in [0.3, 0.4) is 0 Å². The van der Waals surface area contributed by atoms with E-state index in [9.17, 15) is 5.26 Å². The van der Waals surface area contributed by atoms with Crippen molar-refractivity contribution in [3.63, 3.8) is 0 Å². The Balaban J connectivity index is 2.28. The maximum Gasteiger partial charge on any atom is 0.110 e. The molecular formula is C15H18N4. The molecule has 0 fully saturated rings. The van der Waals surface area contributed by atoms with Gasteiger partial charge in [-0.1, -0.05) is 13.0 Å². The van der Waals surface area contributed by atoms with Crippen LogP contribution < -0.4 is 5.32 Å². The fraction of sp³-hybridized carbons (Fsp3) is 0.333. The molecule has 0 aliphatic rings. The van der Waals surface area contributed by atoms with Gasteiger partial charge in [0.25, 0.3) is 0 Å². The van der Waals surface area contributed by atoms with Gasteiger partial charge in [0.05, 0.1) is 11.3 Å². The minimum Gasteiger partial charge on any atom is -0.313 e. The molecule has 4 heteroatoms. The number of hydrogen-bond acceptors (Lipinski definition) is 3. The molecule has 0 saturated carbocycles. The number of imidazole rings is 1.